The first-order valence-corrected chi connectivity index (χ1v) is 5.83. The summed E-state index contributed by atoms with van der Waals surface area (Å²) in [6.07, 6.45) is 0. The van der Waals surface area contributed by atoms with E-state index < -0.39 is 17.6 Å². The van der Waals surface area contributed by atoms with E-state index in [2.05, 4.69) is 0 Å². The maximum atomic E-state index is 13.2. The van der Waals surface area contributed by atoms with Gasteiger partial charge in [-0.3, -0.25) is 9.59 Å². The van der Waals surface area contributed by atoms with Crippen molar-refractivity contribution in [1.82, 2.24) is 0 Å². The second-order valence-corrected chi connectivity index (χ2v) is 4.42. The Hall–Kier alpha value is -2.49. The summed E-state index contributed by atoms with van der Waals surface area (Å²) in [5, 5.41) is 0. The normalized spacial score (nSPS) is 13.9. The van der Waals surface area contributed by atoms with Crippen molar-refractivity contribution in [2.45, 2.75) is 6.92 Å². The molecular weight excluding hydrogens is 245 g/mol. The number of aryl methyl sites for hydroxylation is 1. The molecule has 3 rings (SSSR count). The molecule has 0 aliphatic carbocycles. The summed E-state index contributed by atoms with van der Waals surface area (Å²) in [6, 6.07) is 10.7. The number of amides is 2. The van der Waals surface area contributed by atoms with Crippen LogP contribution in [0.1, 0.15) is 26.3 Å². The molecule has 0 aromatic heterocycles. The Morgan fingerprint density at radius 2 is 1.63 bits per heavy atom. The number of carbonyl (C=O) groups excluding carboxylic acids is 2. The van der Waals surface area contributed by atoms with Crippen molar-refractivity contribution in [2.24, 2.45) is 0 Å². The Morgan fingerprint density at radius 1 is 0.947 bits per heavy atom. The number of benzene rings is 2. The standard InChI is InChI=1S/C15H10FNO2/c1-9-4-2-3-5-13(9)17-14(18)11-7-6-10(16)8-12(11)15(17)19/h2-8H,1H3. The second-order valence-electron chi connectivity index (χ2n) is 4.42. The van der Waals surface area contributed by atoms with Gasteiger partial charge in [-0.05, 0) is 36.8 Å². The van der Waals surface area contributed by atoms with Gasteiger partial charge in [0.2, 0.25) is 0 Å². The summed E-state index contributed by atoms with van der Waals surface area (Å²) in [4.78, 5) is 25.6. The molecule has 1 heterocycles. The topological polar surface area (TPSA) is 37.4 Å². The molecule has 4 heteroatoms. The minimum atomic E-state index is -0.522. The molecule has 1 aliphatic heterocycles. The van der Waals surface area contributed by atoms with Gasteiger partial charge < -0.3 is 0 Å². The highest BCUT2D eigenvalue weighted by molar-refractivity contribution is 6.34. The summed E-state index contributed by atoms with van der Waals surface area (Å²) < 4.78 is 13.2. The molecule has 0 bridgehead atoms. The highest BCUT2D eigenvalue weighted by Crippen LogP contribution is 2.30. The number of para-hydroxylation sites is 1. The Bertz CT molecular complexity index is 709. The summed E-state index contributed by atoms with van der Waals surface area (Å²) in [6.45, 7) is 1.82. The van der Waals surface area contributed by atoms with Crippen LogP contribution in [0.2, 0.25) is 0 Å². The van der Waals surface area contributed by atoms with Crippen LogP contribution >= 0.6 is 0 Å². The fourth-order valence-corrected chi connectivity index (χ4v) is 2.25. The Kier molecular flexibility index (Phi) is 2.45. The quantitative estimate of drug-likeness (QED) is 0.735. The fourth-order valence-electron chi connectivity index (χ4n) is 2.25. The maximum Gasteiger partial charge on any atom is 0.266 e. The van der Waals surface area contributed by atoms with Crippen molar-refractivity contribution in [3.63, 3.8) is 0 Å². The van der Waals surface area contributed by atoms with Crippen molar-refractivity contribution in [1.29, 1.82) is 0 Å². The number of anilines is 1. The number of imide groups is 1. The highest BCUT2D eigenvalue weighted by Gasteiger charge is 2.37. The summed E-state index contributed by atoms with van der Waals surface area (Å²) >= 11 is 0. The molecule has 0 N–H and O–H groups in total. The zero-order valence-corrected chi connectivity index (χ0v) is 10.2. The van der Waals surface area contributed by atoms with E-state index in [4.69, 9.17) is 0 Å². The van der Waals surface area contributed by atoms with Crippen molar-refractivity contribution in [2.75, 3.05) is 4.90 Å². The molecule has 2 aromatic carbocycles. The van der Waals surface area contributed by atoms with Gasteiger partial charge in [-0.2, -0.15) is 0 Å². The van der Waals surface area contributed by atoms with E-state index in [1.54, 1.807) is 12.1 Å². The van der Waals surface area contributed by atoms with Gasteiger partial charge in [0.05, 0.1) is 16.8 Å². The van der Waals surface area contributed by atoms with E-state index in [9.17, 15) is 14.0 Å². The third kappa shape index (κ3) is 1.64. The molecule has 0 unspecified atom stereocenters. The molecule has 3 nitrogen and oxygen atoms in total. The molecule has 94 valence electrons. The van der Waals surface area contributed by atoms with E-state index in [1.165, 1.54) is 12.1 Å². The lowest BCUT2D eigenvalue weighted by molar-refractivity contribution is 0.0926. The van der Waals surface area contributed by atoms with Gasteiger partial charge in [0, 0.05) is 0 Å². The van der Waals surface area contributed by atoms with Crippen LogP contribution in [0.25, 0.3) is 0 Å². The van der Waals surface area contributed by atoms with Crippen molar-refractivity contribution >= 4 is 17.5 Å². The number of halogens is 1. The van der Waals surface area contributed by atoms with Gasteiger partial charge >= 0.3 is 0 Å². The number of fused-ring (bicyclic) bond motifs is 1. The maximum absolute atomic E-state index is 13.2. The molecule has 0 radical (unpaired) electrons. The molecule has 0 saturated heterocycles. The molecule has 0 spiro atoms. The molecular formula is C15H10FNO2. The summed E-state index contributed by atoms with van der Waals surface area (Å²) in [5.41, 5.74) is 1.72. The average molecular weight is 255 g/mol. The number of hydrogen-bond acceptors (Lipinski definition) is 2. The highest BCUT2D eigenvalue weighted by atomic mass is 19.1. The van der Waals surface area contributed by atoms with E-state index in [0.717, 1.165) is 16.5 Å². The van der Waals surface area contributed by atoms with Crippen LogP contribution in [0.3, 0.4) is 0 Å². The Balaban J connectivity index is 2.16. The van der Waals surface area contributed by atoms with E-state index in [0.29, 0.717) is 5.69 Å². The molecule has 1 aliphatic rings. The van der Waals surface area contributed by atoms with E-state index >= 15 is 0 Å². The smallest absolute Gasteiger partial charge is 0.266 e. The number of hydrogen-bond donors (Lipinski definition) is 0. The first kappa shape index (κ1) is 11.6. The van der Waals surface area contributed by atoms with E-state index in [-0.39, 0.29) is 11.1 Å². The van der Waals surface area contributed by atoms with Gasteiger partial charge in [0.25, 0.3) is 11.8 Å². The van der Waals surface area contributed by atoms with Crippen LogP contribution in [-0.4, -0.2) is 11.8 Å². The van der Waals surface area contributed by atoms with Crippen LogP contribution in [-0.2, 0) is 0 Å². The third-order valence-electron chi connectivity index (χ3n) is 3.20. The van der Waals surface area contributed by atoms with Crippen molar-refractivity contribution < 1.29 is 14.0 Å². The second kappa shape index (κ2) is 4.02. The number of nitrogens with zero attached hydrogens (tertiary/aromatic N) is 1. The van der Waals surface area contributed by atoms with Gasteiger partial charge in [0.1, 0.15) is 5.82 Å². The van der Waals surface area contributed by atoms with Gasteiger partial charge in [-0.1, -0.05) is 18.2 Å². The molecule has 0 atom stereocenters. The van der Waals surface area contributed by atoms with E-state index in [1.807, 2.05) is 19.1 Å². The zero-order chi connectivity index (χ0) is 13.6. The van der Waals surface area contributed by atoms with Crippen LogP contribution in [0, 0.1) is 12.7 Å². The average Bonchev–Trinajstić information content (AvgIpc) is 2.63. The Morgan fingerprint density at radius 3 is 2.37 bits per heavy atom. The van der Waals surface area contributed by atoms with Crippen LogP contribution in [0.4, 0.5) is 10.1 Å². The SMILES string of the molecule is Cc1ccccc1N1C(=O)c2ccc(F)cc2C1=O. The summed E-state index contributed by atoms with van der Waals surface area (Å²) in [5.74, 6) is -1.41. The Labute approximate surface area is 109 Å². The minimum absolute atomic E-state index is 0.119. The summed E-state index contributed by atoms with van der Waals surface area (Å²) in [7, 11) is 0. The van der Waals surface area contributed by atoms with Crippen LogP contribution < -0.4 is 4.90 Å². The lowest BCUT2D eigenvalue weighted by atomic mass is 10.1. The molecule has 2 aromatic rings. The van der Waals surface area contributed by atoms with Crippen molar-refractivity contribution in [3.8, 4) is 0 Å². The molecule has 19 heavy (non-hydrogen) atoms. The van der Waals surface area contributed by atoms with Gasteiger partial charge in [-0.15, -0.1) is 0 Å². The zero-order valence-electron chi connectivity index (χ0n) is 10.2. The van der Waals surface area contributed by atoms with Gasteiger partial charge in [0.15, 0.2) is 0 Å². The largest absolute Gasteiger partial charge is 0.268 e. The first-order chi connectivity index (χ1) is 9.09. The van der Waals surface area contributed by atoms with Crippen molar-refractivity contribution in [3.05, 3.63) is 65.0 Å². The number of carbonyl (C=O) groups is 2. The predicted octanol–water partition coefficient (Wildman–Crippen LogP) is 2.93. The van der Waals surface area contributed by atoms with Crippen LogP contribution in [0.15, 0.2) is 42.5 Å². The lowest BCUT2D eigenvalue weighted by Gasteiger charge is -2.16. The minimum Gasteiger partial charge on any atom is -0.268 e. The fraction of sp³-hybridized carbons (Fsp3) is 0.0667. The monoisotopic (exact) mass is 255 g/mol. The first-order valence-electron chi connectivity index (χ1n) is 5.83. The molecule has 0 saturated carbocycles. The predicted molar refractivity (Wildman–Crippen MR) is 68.7 cm³/mol. The van der Waals surface area contributed by atoms with Gasteiger partial charge in [-0.25, -0.2) is 9.29 Å². The molecule has 0 fully saturated rings. The number of rotatable bonds is 1. The molecule has 2 amide bonds. The third-order valence-corrected chi connectivity index (χ3v) is 3.20. The lowest BCUT2D eigenvalue weighted by Crippen LogP contribution is -2.29. The van der Waals surface area contributed by atoms with Crippen LogP contribution in [0.5, 0.6) is 0 Å².